The van der Waals surface area contributed by atoms with Crippen LogP contribution in [0.25, 0.3) is 0 Å². The van der Waals surface area contributed by atoms with E-state index in [0.29, 0.717) is 12.8 Å². The number of carbonyl (C=O) groups is 1. The molecule has 1 aromatic carbocycles. The lowest BCUT2D eigenvalue weighted by molar-refractivity contribution is -0.116. The Morgan fingerprint density at radius 2 is 1.80 bits per heavy atom. The Labute approximate surface area is 90.3 Å². The molecule has 0 aliphatic rings. The Hall–Kier alpha value is -1.18. The summed E-state index contributed by atoms with van der Waals surface area (Å²) in [5.74, 6) is -0.0456. The van der Waals surface area contributed by atoms with E-state index >= 15 is 0 Å². The van der Waals surface area contributed by atoms with E-state index < -0.39 is 0 Å². The zero-order valence-corrected chi connectivity index (χ0v) is 9.35. The molecule has 1 rings (SSSR count). The van der Waals surface area contributed by atoms with Crippen molar-refractivity contribution in [2.75, 3.05) is 0 Å². The van der Waals surface area contributed by atoms with Gasteiger partial charge in [-0.1, -0.05) is 19.4 Å². The number of ketones is 1. The minimum Gasteiger partial charge on any atom is -0.300 e. The van der Waals surface area contributed by atoms with Gasteiger partial charge in [-0.15, -0.1) is 0 Å². The summed E-state index contributed by atoms with van der Waals surface area (Å²) in [5.41, 5.74) is 1.95. The van der Waals surface area contributed by atoms with Gasteiger partial charge in [0.15, 0.2) is 0 Å². The summed E-state index contributed by atoms with van der Waals surface area (Å²) in [7, 11) is 0. The first-order chi connectivity index (χ1) is 7.11. The second kappa shape index (κ2) is 5.64. The third kappa shape index (κ3) is 4.24. The molecule has 0 aliphatic heterocycles. The van der Waals surface area contributed by atoms with Gasteiger partial charge < -0.3 is 4.79 Å². The standard InChI is InChI=1S/C13H17FO/c1-3-4-11-7-12(6-5-10(2)15)9-13(14)8-11/h7-9H,3-6H2,1-2H3. The number of hydrogen-bond acceptors (Lipinski definition) is 1. The Morgan fingerprint density at radius 3 is 2.33 bits per heavy atom. The zero-order valence-electron chi connectivity index (χ0n) is 9.35. The Bertz CT molecular complexity index is 344. The first-order valence-electron chi connectivity index (χ1n) is 5.39. The third-order valence-corrected chi connectivity index (χ3v) is 2.32. The monoisotopic (exact) mass is 208 g/mol. The van der Waals surface area contributed by atoms with Gasteiger partial charge in [0.05, 0.1) is 0 Å². The Morgan fingerprint density at radius 1 is 1.20 bits per heavy atom. The summed E-state index contributed by atoms with van der Waals surface area (Å²) in [6, 6.07) is 5.08. The predicted molar refractivity (Wildman–Crippen MR) is 59.4 cm³/mol. The van der Waals surface area contributed by atoms with Gasteiger partial charge in [-0.3, -0.25) is 0 Å². The Kier molecular flexibility index (Phi) is 4.47. The average Bonchev–Trinajstić information content (AvgIpc) is 2.14. The van der Waals surface area contributed by atoms with Gasteiger partial charge in [-0.25, -0.2) is 4.39 Å². The summed E-state index contributed by atoms with van der Waals surface area (Å²) >= 11 is 0. The summed E-state index contributed by atoms with van der Waals surface area (Å²) < 4.78 is 13.2. The van der Waals surface area contributed by atoms with Crippen molar-refractivity contribution < 1.29 is 9.18 Å². The van der Waals surface area contributed by atoms with Crippen LogP contribution in [0.15, 0.2) is 18.2 Å². The third-order valence-electron chi connectivity index (χ3n) is 2.32. The molecule has 0 radical (unpaired) electrons. The lowest BCUT2D eigenvalue weighted by atomic mass is 10.0. The maximum Gasteiger partial charge on any atom is 0.130 e. The normalized spacial score (nSPS) is 10.3. The van der Waals surface area contributed by atoms with Crippen molar-refractivity contribution in [3.63, 3.8) is 0 Å². The fourth-order valence-electron chi connectivity index (χ4n) is 1.62. The van der Waals surface area contributed by atoms with Crippen molar-refractivity contribution in [2.24, 2.45) is 0 Å². The molecule has 0 saturated carbocycles. The summed E-state index contributed by atoms with van der Waals surface area (Å²) in [5, 5.41) is 0. The molecule has 0 N–H and O–H groups in total. The topological polar surface area (TPSA) is 17.1 Å². The smallest absolute Gasteiger partial charge is 0.130 e. The van der Waals surface area contributed by atoms with Gasteiger partial charge in [0.2, 0.25) is 0 Å². The van der Waals surface area contributed by atoms with Crippen molar-refractivity contribution in [2.45, 2.75) is 39.5 Å². The van der Waals surface area contributed by atoms with Crippen LogP contribution in [0.2, 0.25) is 0 Å². The van der Waals surface area contributed by atoms with Gasteiger partial charge in [0, 0.05) is 6.42 Å². The van der Waals surface area contributed by atoms with Crippen LogP contribution in [0.1, 0.15) is 37.8 Å². The summed E-state index contributed by atoms with van der Waals surface area (Å²) in [4.78, 5) is 10.8. The van der Waals surface area contributed by atoms with Crippen LogP contribution in [0.5, 0.6) is 0 Å². The molecule has 82 valence electrons. The van der Waals surface area contributed by atoms with E-state index in [-0.39, 0.29) is 11.6 Å². The molecule has 0 bridgehead atoms. The first-order valence-corrected chi connectivity index (χ1v) is 5.39. The highest BCUT2D eigenvalue weighted by molar-refractivity contribution is 5.75. The second-order valence-electron chi connectivity index (χ2n) is 3.92. The SMILES string of the molecule is CCCc1cc(F)cc(CCC(C)=O)c1. The quantitative estimate of drug-likeness (QED) is 0.725. The van der Waals surface area contributed by atoms with Crippen molar-refractivity contribution in [1.82, 2.24) is 0 Å². The average molecular weight is 208 g/mol. The predicted octanol–water partition coefficient (Wildman–Crippen LogP) is 3.30. The van der Waals surface area contributed by atoms with E-state index in [1.165, 1.54) is 6.07 Å². The molecule has 1 nitrogen and oxygen atoms in total. The molecule has 0 heterocycles. The number of carbonyl (C=O) groups excluding carboxylic acids is 1. The van der Waals surface area contributed by atoms with Crippen LogP contribution in [0.4, 0.5) is 4.39 Å². The second-order valence-corrected chi connectivity index (χ2v) is 3.92. The molecule has 0 aromatic heterocycles. The maximum absolute atomic E-state index is 13.2. The van der Waals surface area contributed by atoms with E-state index in [2.05, 4.69) is 6.92 Å². The van der Waals surface area contributed by atoms with Gasteiger partial charge in [0.25, 0.3) is 0 Å². The van der Waals surface area contributed by atoms with Crippen LogP contribution in [0, 0.1) is 5.82 Å². The van der Waals surface area contributed by atoms with Crippen LogP contribution in [-0.2, 0) is 17.6 Å². The molecular formula is C13H17FO. The fraction of sp³-hybridized carbons (Fsp3) is 0.462. The highest BCUT2D eigenvalue weighted by atomic mass is 19.1. The van der Waals surface area contributed by atoms with E-state index in [1.54, 1.807) is 13.0 Å². The molecule has 0 atom stereocenters. The van der Waals surface area contributed by atoms with Crippen molar-refractivity contribution in [1.29, 1.82) is 0 Å². The first kappa shape index (κ1) is 11.9. The molecule has 0 amide bonds. The number of halogens is 1. The van der Waals surface area contributed by atoms with Crippen LogP contribution >= 0.6 is 0 Å². The lowest BCUT2D eigenvalue weighted by Crippen LogP contribution is -1.96. The van der Waals surface area contributed by atoms with Crippen molar-refractivity contribution in [3.05, 3.63) is 35.1 Å². The van der Waals surface area contributed by atoms with Gasteiger partial charge >= 0.3 is 0 Å². The summed E-state index contributed by atoms with van der Waals surface area (Å²) in [6.07, 6.45) is 3.04. The molecule has 2 heteroatoms. The van der Waals surface area contributed by atoms with E-state index in [1.807, 2.05) is 6.07 Å². The molecule has 0 fully saturated rings. The van der Waals surface area contributed by atoms with Crippen LogP contribution in [-0.4, -0.2) is 5.78 Å². The van der Waals surface area contributed by atoms with Crippen molar-refractivity contribution in [3.8, 4) is 0 Å². The molecule has 15 heavy (non-hydrogen) atoms. The number of rotatable bonds is 5. The molecule has 0 saturated heterocycles. The Balaban J connectivity index is 2.74. The van der Waals surface area contributed by atoms with E-state index in [0.717, 1.165) is 24.0 Å². The number of aryl methyl sites for hydroxylation is 2. The number of benzene rings is 1. The lowest BCUT2D eigenvalue weighted by Gasteiger charge is -2.04. The minimum atomic E-state index is -0.195. The highest BCUT2D eigenvalue weighted by Gasteiger charge is 2.02. The van der Waals surface area contributed by atoms with Crippen molar-refractivity contribution >= 4 is 5.78 Å². The largest absolute Gasteiger partial charge is 0.300 e. The van der Waals surface area contributed by atoms with Gasteiger partial charge in [-0.2, -0.15) is 0 Å². The molecule has 1 aromatic rings. The molecule has 0 spiro atoms. The number of hydrogen-bond donors (Lipinski definition) is 0. The maximum atomic E-state index is 13.2. The van der Waals surface area contributed by atoms with Crippen LogP contribution < -0.4 is 0 Å². The molecule has 0 aliphatic carbocycles. The minimum absolute atomic E-state index is 0.149. The summed E-state index contributed by atoms with van der Waals surface area (Å²) in [6.45, 7) is 3.63. The molecular weight excluding hydrogens is 191 g/mol. The molecule has 0 unspecified atom stereocenters. The van der Waals surface area contributed by atoms with E-state index in [4.69, 9.17) is 0 Å². The van der Waals surface area contributed by atoms with E-state index in [9.17, 15) is 9.18 Å². The van der Waals surface area contributed by atoms with Gasteiger partial charge in [-0.05, 0) is 43.0 Å². The zero-order chi connectivity index (χ0) is 11.3. The fourth-order valence-corrected chi connectivity index (χ4v) is 1.62. The highest BCUT2D eigenvalue weighted by Crippen LogP contribution is 2.12. The van der Waals surface area contributed by atoms with Gasteiger partial charge in [0.1, 0.15) is 11.6 Å². The van der Waals surface area contributed by atoms with Crippen LogP contribution in [0.3, 0.4) is 0 Å². The number of Topliss-reactive ketones (excluding diaryl/α,β-unsaturated/α-hetero) is 1.